The third-order valence-electron chi connectivity index (χ3n) is 4.12. The molecule has 1 aliphatic heterocycles. The molecule has 1 aliphatic carbocycles. The van der Waals surface area contributed by atoms with Gasteiger partial charge in [0.2, 0.25) is 0 Å². The highest BCUT2D eigenvalue weighted by molar-refractivity contribution is 5.74. The van der Waals surface area contributed by atoms with E-state index in [4.69, 9.17) is 4.74 Å². The van der Waals surface area contributed by atoms with E-state index in [0.717, 1.165) is 50.0 Å². The molecule has 0 spiro atoms. The molecule has 2 aliphatic rings. The van der Waals surface area contributed by atoms with Gasteiger partial charge in [-0.1, -0.05) is 6.92 Å². The number of fused-ring (bicyclic) bond motifs is 1. The first-order valence-corrected chi connectivity index (χ1v) is 8.32. The Bertz CT molecular complexity index is 512. The molecule has 1 saturated carbocycles. The fourth-order valence-corrected chi connectivity index (χ4v) is 2.67. The molecular weight excluding hydrogens is 282 g/mol. The second-order valence-electron chi connectivity index (χ2n) is 6.08. The summed E-state index contributed by atoms with van der Waals surface area (Å²) in [5.74, 6) is 2.48. The lowest BCUT2D eigenvalue weighted by Crippen LogP contribution is -2.41. The fourth-order valence-electron chi connectivity index (χ4n) is 2.67. The van der Waals surface area contributed by atoms with Crippen LogP contribution < -0.4 is 10.6 Å². The van der Waals surface area contributed by atoms with Crippen LogP contribution in [0.2, 0.25) is 0 Å². The smallest absolute Gasteiger partial charge is 0.315 e. The summed E-state index contributed by atoms with van der Waals surface area (Å²) in [6.07, 6.45) is 5.31. The number of nitrogens with one attached hydrogen (secondary N) is 2. The Morgan fingerprint density at radius 1 is 1.41 bits per heavy atom. The lowest BCUT2D eigenvalue weighted by Gasteiger charge is -2.23. The molecule has 1 aromatic rings. The number of urea groups is 1. The van der Waals surface area contributed by atoms with Crippen molar-refractivity contribution < 1.29 is 9.53 Å². The van der Waals surface area contributed by atoms with Crippen LogP contribution in [0.3, 0.4) is 0 Å². The quantitative estimate of drug-likeness (QED) is 0.746. The number of hydrogen-bond donors (Lipinski definition) is 2. The zero-order chi connectivity index (χ0) is 15.4. The van der Waals surface area contributed by atoms with Gasteiger partial charge in [0.05, 0.1) is 12.6 Å². The van der Waals surface area contributed by atoms with Crippen molar-refractivity contribution in [1.29, 1.82) is 0 Å². The van der Waals surface area contributed by atoms with Gasteiger partial charge in [0.1, 0.15) is 5.82 Å². The van der Waals surface area contributed by atoms with Gasteiger partial charge in [0.15, 0.2) is 5.82 Å². The minimum absolute atomic E-state index is 0.0473. The molecule has 3 rings (SSSR count). The number of nitrogens with zero attached hydrogens (tertiary/aromatic N) is 3. The Labute approximate surface area is 130 Å². The monoisotopic (exact) mass is 307 g/mol. The Morgan fingerprint density at radius 2 is 2.27 bits per heavy atom. The highest BCUT2D eigenvalue weighted by atomic mass is 16.5. The molecule has 1 aromatic heterocycles. The molecule has 0 bridgehead atoms. The first-order valence-electron chi connectivity index (χ1n) is 8.32. The molecule has 0 saturated heterocycles. The van der Waals surface area contributed by atoms with Crippen LogP contribution in [0.15, 0.2) is 0 Å². The zero-order valence-corrected chi connectivity index (χ0v) is 13.2. The number of ether oxygens (including phenoxy) is 1. The Balaban J connectivity index is 1.42. The molecule has 22 heavy (non-hydrogen) atoms. The van der Waals surface area contributed by atoms with Gasteiger partial charge in [-0.3, -0.25) is 0 Å². The van der Waals surface area contributed by atoms with Crippen molar-refractivity contribution >= 4 is 6.03 Å². The van der Waals surface area contributed by atoms with Crippen molar-refractivity contribution in [2.24, 2.45) is 5.92 Å². The zero-order valence-electron chi connectivity index (χ0n) is 13.2. The molecular formula is C15H25N5O2. The Kier molecular flexibility index (Phi) is 4.92. The normalized spacial score (nSPS) is 20.5. The number of carbonyl (C=O) groups is 1. The second kappa shape index (κ2) is 7.09. The van der Waals surface area contributed by atoms with Crippen LogP contribution in [0.1, 0.15) is 50.3 Å². The number of aryl methyl sites for hydroxylation is 2. The van der Waals surface area contributed by atoms with Crippen LogP contribution in [-0.2, 0) is 17.7 Å². The standard InChI is InChI=1S/C15H25N5O2/c1-2-13-18-14-12(4-3-8-20(14)19-13)17-15(21)16-7-9-22-10-11-5-6-11/h11-12H,2-10H2,1H3,(H2,16,17,21)/t12-/m1/s1. The summed E-state index contributed by atoms with van der Waals surface area (Å²) in [5.41, 5.74) is 0. The summed E-state index contributed by atoms with van der Waals surface area (Å²) in [7, 11) is 0. The van der Waals surface area contributed by atoms with Gasteiger partial charge in [-0.05, 0) is 31.6 Å². The van der Waals surface area contributed by atoms with Gasteiger partial charge >= 0.3 is 6.03 Å². The molecule has 0 unspecified atom stereocenters. The highest BCUT2D eigenvalue weighted by Gasteiger charge is 2.25. The summed E-state index contributed by atoms with van der Waals surface area (Å²) in [6.45, 7) is 4.87. The average molecular weight is 307 g/mol. The number of carbonyl (C=O) groups excluding carboxylic acids is 1. The van der Waals surface area contributed by atoms with Crippen molar-refractivity contribution in [3.63, 3.8) is 0 Å². The predicted molar refractivity (Wildman–Crippen MR) is 81.5 cm³/mol. The summed E-state index contributed by atoms with van der Waals surface area (Å²) in [4.78, 5) is 16.5. The van der Waals surface area contributed by atoms with Crippen molar-refractivity contribution in [3.8, 4) is 0 Å². The Hall–Kier alpha value is -1.63. The molecule has 122 valence electrons. The van der Waals surface area contributed by atoms with E-state index in [9.17, 15) is 4.79 Å². The van der Waals surface area contributed by atoms with E-state index in [2.05, 4.69) is 20.7 Å². The van der Waals surface area contributed by atoms with E-state index in [1.54, 1.807) is 0 Å². The largest absolute Gasteiger partial charge is 0.379 e. The topological polar surface area (TPSA) is 81.1 Å². The molecule has 2 N–H and O–H groups in total. The van der Waals surface area contributed by atoms with Crippen molar-refractivity contribution in [3.05, 3.63) is 11.6 Å². The van der Waals surface area contributed by atoms with Crippen molar-refractivity contribution in [2.45, 2.75) is 51.6 Å². The molecule has 2 heterocycles. The molecule has 7 nitrogen and oxygen atoms in total. The molecule has 2 amide bonds. The van der Waals surface area contributed by atoms with E-state index in [-0.39, 0.29) is 12.1 Å². The van der Waals surface area contributed by atoms with Crippen LogP contribution in [0.25, 0.3) is 0 Å². The maximum absolute atomic E-state index is 12.0. The molecule has 0 aromatic carbocycles. The lowest BCUT2D eigenvalue weighted by molar-refractivity contribution is 0.126. The maximum Gasteiger partial charge on any atom is 0.315 e. The lowest BCUT2D eigenvalue weighted by atomic mass is 10.1. The minimum Gasteiger partial charge on any atom is -0.379 e. The van der Waals surface area contributed by atoms with Gasteiger partial charge in [-0.2, -0.15) is 5.10 Å². The van der Waals surface area contributed by atoms with Crippen LogP contribution in [-0.4, -0.2) is 40.6 Å². The van der Waals surface area contributed by atoms with E-state index >= 15 is 0 Å². The summed E-state index contributed by atoms with van der Waals surface area (Å²) >= 11 is 0. The number of rotatable bonds is 7. The minimum atomic E-state index is -0.158. The number of hydrogen-bond acceptors (Lipinski definition) is 4. The van der Waals surface area contributed by atoms with E-state index in [0.29, 0.717) is 13.2 Å². The SMILES string of the molecule is CCc1nc2n(n1)CCC[C@H]2NC(=O)NCCOCC1CC1. The number of amides is 2. The van der Waals surface area contributed by atoms with Gasteiger partial charge < -0.3 is 15.4 Å². The summed E-state index contributed by atoms with van der Waals surface area (Å²) in [6, 6.07) is -0.205. The van der Waals surface area contributed by atoms with Crippen LogP contribution in [0.5, 0.6) is 0 Å². The summed E-state index contributed by atoms with van der Waals surface area (Å²) < 4.78 is 7.43. The first kappa shape index (κ1) is 15.3. The third kappa shape index (κ3) is 3.97. The first-order chi connectivity index (χ1) is 10.8. The van der Waals surface area contributed by atoms with Gasteiger partial charge in [-0.15, -0.1) is 0 Å². The van der Waals surface area contributed by atoms with Gasteiger partial charge in [-0.25, -0.2) is 14.5 Å². The Morgan fingerprint density at radius 3 is 3.05 bits per heavy atom. The van der Waals surface area contributed by atoms with Gasteiger partial charge in [0.25, 0.3) is 0 Å². The predicted octanol–water partition coefficient (Wildman–Crippen LogP) is 1.40. The number of aromatic nitrogens is 3. The second-order valence-corrected chi connectivity index (χ2v) is 6.08. The molecule has 7 heteroatoms. The molecule has 0 radical (unpaired) electrons. The van der Waals surface area contributed by atoms with Crippen molar-refractivity contribution in [1.82, 2.24) is 25.4 Å². The van der Waals surface area contributed by atoms with E-state index < -0.39 is 0 Å². The van der Waals surface area contributed by atoms with Crippen LogP contribution >= 0.6 is 0 Å². The van der Waals surface area contributed by atoms with Crippen molar-refractivity contribution in [2.75, 3.05) is 19.8 Å². The van der Waals surface area contributed by atoms with Crippen LogP contribution in [0, 0.1) is 5.92 Å². The van der Waals surface area contributed by atoms with E-state index in [1.807, 2.05) is 11.6 Å². The highest BCUT2D eigenvalue weighted by Crippen LogP contribution is 2.28. The third-order valence-corrected chi connectivity index (χ3v) is 4.12. The van der Waals surface area contributed by atoms with Gasteiger partial charge in [0, 0.05) is 26.1 Å². The fraction of sp³-hybridized carbons (Fsp3) is 0.800. The average Bonchev–Trinajstić information content (AvgIpc) is 3.23. The maximum atomic E-state index is 12.0. The molecule has 1 atom stereocenters. The van der Waals surface area contributed by atoms with E-state index in [1.165, 1.54) is 12.8 Å². The summed E-state index contributed by atoms with van der Waals surface area (Å²) in [5, 5.41) is 10.3. The van der Waals surface area contributed by atoms with Crippen LogP contribution in [0.4, 0.5) is 4.79 Å². The molecule has 1 fully saturated rings.